The number of rotatable bonds is 6. The SMILES string of the molecule is COc1ccc(S(=O)(=O)Nc2ccccc2C(=O)NC2CCCCC2)c(Cl)c1Cl. The van der Waals surface area contributed by atoms with E-state index >= 15 is 0 Å². The molecule has 1 fully saturated rings. The Morgan fingerprint density at radius 2 is 1.72 bits per heavy atom. The van der Waals surface area contributed by atoms with E-state index in [-0.39, 0.29) is 43.9 Å². The Morgan fingerprint density at radius 1 is 1.03 bits per heavy atom. The number of carbonyl (C=O) groups is 1. The summed E-state index contributed by atoms with van der Waals surface area (Å²) in [6, 6.07) is 9.29. The monoisotopic (exact) mass is 456 g/mol. The second-order valence-electron chi connectivity index (χ2n) is 6.85. The van der Waals surface area contributed by atoms with E-state index in [1.54, 1.807) is 18.2 Å². The lowest BCUT2D eigenvalue weighted by molar-refractivity contribution is 0.0928. The van der Waals surface area contributed by atoms with Crippen LogP contribution in [-0.2, 0) is 10.0 Å². The summed E-state index contributed by atoms with van der Waals surface area (Å²) < 4.78 is 33.3. The third-order valence-corrected chi connectivity index (χ3v) is 7.26. The summed E-state index contributed by atoms with van der Waals surface area (Å²) in [5.74, 6) is -0.0445. The van der Waals surface area contributed by atoms with Crippen molar-refractivity contribution in [3.05, 3.63) is 52.0 Å². The highest BCUT2D eigenvalue weighted by molar-refractivity contribution is 7.92. The molecule has 156 valence electrons. The van der Waals surface area contributed by atoms with Gasteiger partial charge in [0.1, 0.15) is 15.7 Å². The zero-order valence-electron chi connectivity index (χ0n) is 15.9. The number of hydrogen-bond donors (Lipinski definition) is 2. The molecule has 0 aliphatic heterocycles. The van der Waals surface area contributed by atoms with Crippen molar-refractivity contribution in [2.45, 2.75) is 43.0 Å². The first kappa shape index (κ1) is 21.7. The average molecular weight is 457 g/mol. The summed E-state index contributed by atoms with van der Waals surface area (Å²) in [5.41, 5.74) is 0.418. The van der Waals surface area contributed by atoms with Crippen LogP contribution in [0, 0.1) is 0 Å². The molecule has 0 unspecified atom stereocenters. The summed E-state index contributed by atoms with van der Waals surface area (Å²) in [6.45, 7) is 0. The van der Waals surface area contributed by atoms with Crippen LogP contribution < -0.4 is 14.8 Å². The fourth-order valence-electron chi connectivity index (χ4n) is 3.36. The smallest absolute Gasteiger partial charge is 0.263 e. The second-order valence-corrected chi connectivity index (χ2v) is 9.26. The predicted molar refractivity (Wildman–Crippen MR) is 115 cm³/mol. The van der Waals surface area contributed by atoms with Gasteiger partial charge in [-0.1, -0.05) is 54.6 Å². The van der Waals surface area contributed by atoms with Gasteiger partial charge in [-0.2, -0.15) is 0 Å². The van der Waals surface area contributed by atoms with E-state index in [0.29, 0.717) is 0 Å². The third-order valence-electron chi connectivity index (χ3n) is 4.88. The molecule has 1 aliphatic rings. The van der Waals surface area contributed by atoms with Crippen molar-refractivity contribution in [2.24, 2.45) is 0 Å². The van der Waals surface area contributed by atoms with E-state index < -0.39 is 10.0 Å². The molecular weight excluding hydrogens is 435 g/mol. The average Bonchev–Trinajstić information content (AvgIpc) is 2.70. The van der Waals surface area contributed by atoms with Crippen molar-refractivity contribution < 1.29 is 17.9 Å². The number of ether oxygens (including phenoxy) is 1. The largest absolute Gasteiger partial charge is 0.495 e. The van der Waals surface area contributed by atoms with Crippen molar-refractivity contribution in [3.8, 4) is 5.75 Å². The summed E-state index contributed by atoms with van der Waals surface area (Å²) in [7, 11) is -2.67. The maximum atomic E-state index is 12.9. The number of methoxy groups -OCH3 is 1. The number of halogens is 2. The Bertz CT molecular complexity index is 1010. The number of anilines is 1. The van der Waals surface area contributed by atoms with Gasteiger partial charge in [-0.25, -0.2) is 8.42 Å². The molecule has 0 heterocycles. The minimum Gasteiger partial charge on any atom is -0.495 e. The normalized spacial score (nSPS) is 15.0. The molecule has 29 heavy (non-hydrogen) atoms. The predicted octanol–water partition coefficient (Wildman–Crippen LogP) is 4.87. The molecule has 2 aromatic rings. The van der Waals surface area contributed by atoms with Crippen molar-refractivity contribution >= 4 is 44.8 Å². The highest BCUT2D eigenvalue weighted by Gasteiger charge is 2.25. The fourth-order valence-corrected chi connectivity index (χ4v) is 5.28. The van der Waals surface area contributed by atoms with Crippen molar-refractivity contribution in [1.29, 1.82) is 0 Å². The molecule has 0 spiro atoms. The second kappa shape index (κ2) is 9.24. The van der Waals surface area contributed by atoms with Crippen LogP contribution in [0.15, 0.2) is 41.3 Å². The number of amides is 1. The molecule has 1 aliphatic carbocycles. The Kier molecular flexibility index (Phi) is 6.93. The number of sulfonamides is 1. The zero-order chi connectivity index (χ0) is 21.0. The van der Waals surface area contributed by atoms with Crippen LogP contribution in [0.1, 0.15) is 42.5 Å². The van der Waals surface area contributed by atoms with Gasteiger partial charge >= 0.3 is 0 Å². The number of benzene rings is 2. The van der Waals surface area contributed by atoms with Gasteiger partial charge in [-0.15, -0.1) is 0 Å². The van der Waals surface area contributed by atoms with Gasteiger partial charge in [0.15, 0.2) is 0 Å². The Hall–Kier alpha value is -1.96. The lowest BCUT2D eigenvalue weighted by atomic mass is 9.95. The van der Waals surface area contributed by atoms with E-state index in [9.17, 15) is 13.2 Å². The standard InChI is InChI=1S/C20H22Cl2N2O4S/c1-28-16-11-12-17(19(22)18(16)21)29(26,27)24-15-10-6-5-9-14(15)20(25)23-13-7-3-2-4-8-13/h5-6,9-13,24H,2-4,7-8H2,1H3,(H,23,25). The Labute approximate surface area is 180 Å². The lowest BCUT2D eigenvalue weighted by Gasteiger charge is -2.23. The molecular formula is C20H22Cl2N2O4S. The molecule has 0 aromatic heterocycles. The van der Waals surface area contributed by atoms with E-state index in [2.05, 4.69) is 10.0 Å². The number of nitrogens with one attached hydrogen (secondary N) is 2. The summed E-state index contributed by atoms with van der Waals surface area (Å²) in [5, 5.41) is 2.85. The van der Waals surface area contributed by atoms with Crippen molar-refractivity contribution in [2.75, 3.05) is 11.8 Å². The van der Waals surface area contributed by atoms with Crippen LogP contribution >= 0.6 is 23.2 Å². The molecule has 6 nitrogen and oxygen atoms in total. The highest BCUT2D eigenvalue weighted by atomic mass is 35.5. The molecule has 0 saturated heterocycles. The van der Waals surface area contributed by atoms with Crippen LogP contribution in [0.2, 0.25) is 10.0 Å². The van der Waals surface area contributed by atoms with Gasteiger partial charge < -0.3 is 10.1 Å². The van der Waals surface area contributed by atoms with Gasteiger partial charge in [0.25, 0.3) is 15.9 Å². The van der Waals surface area contributed by atoms with Crippen LogP contribution in [0.5, 0.6) is 5.75 Å². The quantitative estimate of drug-likeness (QED) is 0.649. The number of hydrogen-bond acceptors (Lipinski definition) is 4. The molecule has 2 N–H and O–H groups in total. The van der Waals surface area contributed by atoms with Crippen LogP contribution in [0.4, 0.5) is 5.69 Å². The molecule has 9 heteroatoms. The first-order valence-electron chi connectivity index (χ1n) is 9.28. The van der Waals surface area contributed by atoms with E-state index in [0.717, 1.165) is 25.7 Å². The van der Waals surface area contributed by atoms with Crippen molar-refractivity contribution in [3.63, 3.8) is 0 Å². The minimum atomic E-state index is -4.08. The van der Waals surface area contributed by atoms with E-state index in [1.807, 2.05) is 0 Å². The van der Waals surface area contributed by atoms with Gasteiger partial charge in [0.2, 0.25) is 0 Å². The van der Waals surface area contributed by atoms with Gasteiger partial charge in [-0.3, -0.25) is 9.52 Å². The molecule has 0 radical (unpaired) electrons. The first-order chi connectivity index (χ1) is 13.8. The fraction of sp³-hybridized carbons (Fsp3) is 0.350. The molecule has 2 aromatic carbocycles. The Morgan fingerprint density at radius 3 is 2.41 bits per heavy atom. The molecule has 0 atom stereocenters. The highest BCUT2D eigenvalue weighted by Crippen LogP contribution is 2.37. The number of para-hydroxylation sites is 1. The lowest BCUT2D eigenvalue weighted by Crippen LogP contribution is -2.36. The summed E-state index contributed by atoms with van der Waals surface area (Å²) in [4.78, 5) is 12.5. The maximum Gasteiger partial charge on any atom is 0.263 e. The molecule has 3 rings (SSSR count). The van der Waals surface area contributed by atoms with Crippen LogP contribution in [-0.4, -0.2) is 27.5 Å². The minimum absolute atomic E-state index is 0.000341. The van der Waals surface area contributed by atoms with Gasteiger partial charge in [0, 0.05) is 6.04 Å². The van der Waals surface area contributed by atoms with Gasteiger partial charge in [0.05, 0.1) is 23.4 Å². The topological polar surface area (TPSA) is 84.5 Å². The van der Waals surface area contributed by atoms with Gasteiger partial charge in [-0.05, 0) is 37.1 Å². The van der Waals surface area contributed by atoms with E-state index in [1.165, 1.54) is 31.7 Å². The van der Waals surface area contributed by atoms with Crippen LogP contribution in [0.3, 0.4) is 0 Å². The first-order valence-corrected chi connectivity index (χ1v) is 11.5. The maximum absolute atomic E-state index is 12.9. The zero-order valence-corrected chi connectivity index (χ0v) is 18.2. The number of carbonyl (C=O) groups excluding carboxylic acids is 1. The van der Waals surface area contributed by atoms with Crippen molar-refractivity contribution in [1.82, 2.24) is 5.32 Å². The summed E-state index contributed by atoms with van der Waals surface area (Å²) in [6.07, 6.45) is 5.19. The molecule has 1 amide bonds. The summed E-state index contributed by atoms with van der Waals surface area (Å²) >= 11 is 12.2. The van der Waals surface area contributed by atoms with Crippen LogP contribution in [0.25, 0.3) is 0 Å². The van der Waals surface area contributed by atoms with E-state index in [4.69, 9.17) is 27.9 Å². The Balaban J connectivity index is 1.86. The molecule has 1 saturated carbocycles. The third kappa shape index (κ3) is 4.97. The molecule has 0 bridgehead atoms.